The Morgan fingerprint density at radius 2 is 1.68 bits per heavy atom. The number of hydrogen-bond donors (Lipinski definition) is 2. The van der Waals surface area contributed by atoms with Gasteiger partial charge >= 0.3 is 0 Å². The second kappa shape index (κ2) is 7.89. The molecular weight excluding hydrogens is 350 g/mol. The molecule has 0 bridgehead atoms. The molecule has 2 aromatic carbocycles. The molecule has 6 heteroatoms. The first kappa shape index (κ1) is 19.1. The number of nitrogens with zero attached hydrogens (tertiary/aromatic N) is 3. The molecule has 1 heterocycles. The van der Waals surface area contributed by atoms with Gasteiger partial charge in [-0.05, 0) is 53.4 Å². The lowest BCUT2D eigenvalue weighted by molar-refractivity contribution is 0.102. The highest BCUT2D eigenvalue weighted by Gasteiger charge is 2.18. The summed E-state index contributed by atoms with van der Waals surface area (Å²) in [6, 6.07) is 20.0. The van der Waals surface area contributed by atoms with Crippen molar-refractivity contribution in [2.45, 2.75) is 26.2 Å². The number of anilines is 3. The molecule has 6 nitrogen and oxygen atoms in total. The van der Waals surface area contributed by atoms with E-state index >= 15 is 0 Å². The minimum Gasteiger partial charge on any atom is -0.338 e. The van der Waals surface area contributed by atoms with Gasteiger partial charge in [0.1, 0.15) is 0 Å². The number of para-hydroxylation sites is 1. The number of rotatable bonds is 4. The topological polar surface area (TPSA) is 90.7 Å². The second-order valence-corrected chi connectivity index (χ2v) is 7.37. The van der Waals surface area contributed by atoms with Crippen molar-refractivity contribution in [2.75, 3.05) is 10.6 Å². The van der Waals surface area contributed by atoms with Crippen LogP contribution in [-0.2, 0) is 5.41 Å². The monoisotopic (exact) mass is 371 g/mol. The van der Waals surface area contributed by atoms with Crippen LogP contribution < -0.4 is 10.6 Å². The van der Waals surface area contributed by atoms with Crippen molar-refractivity contribution in [2.24, 2.45) is 0 Å². The molecule has 0 atom stereocenters. The van der Waals surface area contributed by atoms with Crippen LogP contribution in [0.2, 0.25) is 0 Å². The lowest BCUT2D eigenvalue weighted by Gasteiger charge is -2.23. The number of amides is 1. The summed E-state index contributed by atoms with van der Waals surface area (Å²) in [4.78, 5) is 12.3. The summed E-state index contributed by atoms with van der Waals surface area (Å²) >= 11 is 0. The highest BCUT2D eigenvalue weighted by Crippen LogP contribution is 2.30. The largest absolute Gasteiger partial charge is 0.338 e. The summed E-state index contributed by atoms with van der Waals surface area (Å²) in [5.41, 5.74) is 3.44. The van der Waals surface area contributed by atoms with Crippen LogP contribution in [0.25, 0.3) is 0 Å². The molecule has 0 fully saturated rings. The van der Waals surface area contributed by atoms with E-state index in [4.69, 9.17) is 5.26 Å². The average molecular weight is 371 g/mol. The zero-order valence-corrected chi connectivity index (χ0v) is 16.0. The quantitative estimate of drug-likeness (QED) is 0.697. The third-order valence-corrected chi connectivity index (χ3v) is 4.17. The SMILES string of the molecule is CC(C)(C)c1ccccc1Nc1ccc(C(=O)Nc2ccc(C#N)cc2)nn1. The van der Waals surface area contributed by atoms with E-state index in [1.54, 1.807) is 36.4 Å². The Labute approximate surface area is 164 Å². The molecule has 0 unspecified atom stereocenters. The van der Waals surface area contributed by atoms with Gasteiger partial charge < -0.3 is 10.6 Å². The molecule has 1 aromatic heterocycles. The Kier molecular flexibility index (Phi) is 5.37. The molecule has 28 heavy (non-hydrogen) atoms. The molecule has 0 aliphatic carbocycles. The summed E-state index contributed by atoms with van der Waals surface area (Å²) in [6.07, 6.45) is 0. The average Bonchev–Trinajstić information content (AvgIpc) is 2.69. The molecule has 2 N–H and O–H groups in total. The highest BCUT2D eigenvalue weighted by molar-refractivity contribution is 6.02. The number of hydrogen-bond acceptors (Lipinski definition) is 5. The molecule has 0 spiro atoms. The summed E-state index contributed by atoms with van der Waals surface area (Å²) in [7, 11) is 0. The van der Waals surface area contributed by atoms with E-state index in [2.05, 4.69) is 47.7 Å². The van der Waals surface area contributed by atoms with Gasteiger partial charge in [0.15, 0.2) is 11.5 Å². The van der Waals surface area contributed by atoms with Crippen molar-refractivity contribution in [3.05, 3.63) is 77.5 Å². The number of nitrogens with one attached hydrogen (secondary N) is 2. The van der Waals surface area contributed by atoms with Gasteiger partial charge in [-0.25, -0.2) is 0 Å². The van der Waals surface area contributed by atoms with E-state index in [0.29, 0.717) is 17.1 Å². The van der Waals surface area contributed by atoms with E-state index in [1.807, 2.05) is 24.3 Å². The fraction of sp³-hybridized carbons (Fsp3) is 0.182. The zero-order chi connectivity index (χ0) is 20.1. The Hall–Kier alpha value is -3.72. The molecule has 0 aliphatic rings. The maximum atomic E-state index is 12.3. The minimum atomic E-state index is -0.362. The number of nitriles is 1. The molecular formula is C22H21N5O. The Balaban J connectivity index is 1.71. The Bertz CT molecular complexity index is 1010. The minimum absolute atomic E-state index is 0.0159. The third kappa shape index (κ3) is 4.51. The van der Waals surface area contributed by atoms with Crippen LogP contribution in [0, 0.1) is 11.3 Å². The summed E-state index contributed by atoms with van der Waals surface area (Å²) in [6.45, 7) is 6.45. The van der Waals surface area contributed by atoms with Crippen molar-refractivity contribution in [3.8, 4) is 6.07 Å². The molecule has 0 radical (unpaired) electrons. The first-order valence-electron chi connectivity index (χ1n) is 8.88. The fourth-order valence-electron chi connectivity index (χ4n) is 2.73. The molecule has 3 aromatic rings. The standard InChI is InChI=1S/C22H21N5O/c1-22(2,3)17-6-4-5-7-18(17)25-20-13-12-19(26-27-20)21(28)24-16-10-8-15(14-23)9-11-16/h4-13H,1-3H3,(H,24,28)(H,25,27). The maximum absolute atomic E-state index is 12.3. The number of carbonyl (C=O) groups is 1. The predicted molar refractivity (Wildman–Crippen MR) is 110 cm³/mol. The maximum Gasteiger partial charge on any atom is 0.276 e. The van der Waals surface area contributed by atoms with Crippen LogP contribution in [-0.4, -0.2) is 16.1 Å². The van der Waals surface area contributed by atoms with Crippen LogP contribution in [0.4, 0.5) is 17.2 Å². The van der Waals surface area contributed by atoms with Crippen LogP contribution in [0.1, 0.15) is 42.4 Å². The zero-order valence-electron chi connectivity index (χ0n) is 16.0. The van der Waals surface area contributed by atoms with Crippen LogP contribution in [0.15, 0.2) is 60.7 Å². The van der Waals surface area contributed by atoms with Crippen molar-refractivity contribution >= 4 is 23.1 Å². The summed E-state index contributed by atoms with van der Waals surface area (Å²) < 4.78 is 0. The van der Waals surface area contributed by atoms with Gasteiger partial charge in [0.25, 0.3) is 5.91 Å². The van der Waals surface area contributed by atoms with E-state index < -0.39 is 0 Å². The van der Waals surface area contributed by atoms with Crippen LogP contribution in [0.3, 0.4) is 0 Å². The lowest BCUT2D eigenvalue weighted by Crippen LogP contribution is -2.15. The molecule has 0 aliphatic heterocycles. The molecule has 0 saturated heterocycles. The smallest absolute Gasteiger partial charge is 0.276 e. The van der Waals surface area contributed by atoms with E-state index in [9.17, 15) is 4.79 Å². The fourth-order valence-corrected chi connectivity index (χ4v) is 2.73. The van der Waals surface area contributed by atoms with Crippen LogP contribution in [0.5, 0.6) is 0 Å². The number of carbonyl (C=O) groups excluding carboxylic acids is 1. The van der Waals surface area contributed by atoms with Gasteiger partial charge in [-0.3, -0.25) is 4.79 Å². The lowest BCUT2D eigenvalue weighted by atomic mass is 9.86. The number of benzene rings is 2. The summed E-state index contributed by atoms with van der Waals surface area (Å²) in [5.74, 6) is 0.200. The predicted octanol–water partition coefficient (Wildman–Crippen LogP) is 4.64. The van der Waals surface area contributed by atoms with Gasteiger partial charge in [0.2, 0.25) is 0 Å². The van der Waals surface area contributed by atoms with E-state index in [-0.39, 0.29) is 17.0 Å². The Morgan fingerprint density at radius 3 is 2.29 bits per heavy atom. The van der Waals surface area contributed by atoms with Gasteiger partial charge in [-0.15, -0.1) is 10.2 Å². The molecule has 140 valence electrons. The highest BCUT2D eigenvalue weighted by atomic mass is 16.1. The summed E-state index contributed by atoms with van der Waals surface area (Å²) in [5, 5.41) is 23.0. The van der Waals surface area contributed by atoms with Crippen molar-refractivity contribution < 1.29 is 4.79 Å². The molecule has 3 rings (SSSR count). The first-order valence-corrected chi connectivity index (χ1v) is 8.88. The third-order valence-electron chi connectivity index (χ3n) is 4.17. The van der Waals surface area contributed by atoms with Gasteiger partial charge in [-0.2, -0.15) is 5.26 Å². The number of aromatic nitrogens is 2. The normalized spacial score (nSPS) is 10.8. The van der Waals surface area contributed by atoms with Crippen molar-refractivity contribution in [3.63, 3.8) is 0 Å². The van der Waals surface area contributed by atoms with Gasteiger partial charge in [0, 0.05) is 11.4 Å². The Morgan fingerprint density at radius 1 is 0.964 bits per heavy atom. The van der Waals surface area contributed by atoms with Crippen molar-refractivity contribution in [1.29, 1.82) is 5.26 Å². The molecule has 0 saturated carbocycles. The van der Waals surface area contributed by atoms with Crippen molar-refractivity contribution in [1.82, 2.24) is 10.2 Å². The van der Waals surface area contributed by atoms with E-state index in [0.717, 1.165) is 5.69 Å². The first-order chi connectivity index (χ1) is 13.4. The van der Waals surface area contributed by atoms with Crippen LogP contribution >= 0.6 is 0 Å². The van der Waals surface area contributed by atoms with Gasteiger partial charge in [0.05, 0.1) is 11.6 Å². The molecule has 1 amide bonds. The second-order valence-electron chi connectivity index (χ2n) is 7.37. The van der Waals surface area contributed by atoms with Gasteiger partial charge in [-0.1, -0.05) is 39.0 Å². The van der Waals surface area contributed by atoms with E-state index in [1.165, 1.54) is 5.56 Å².